The van der Waals surface area contributed by atoms with Gasteiger partial charge in [0.25, 0.3) is 0 Å². The van der Waals surface area contributed by atoms with Crippen LogP contribution in [0.5, 0.6) is 11.5 Å². The first-order valence-electron chi connectivity index (χ1n) is 5.35. The number of benzene rings is 1. The zero-order valence-electron chi connectivity index (χ0n) is 10.1. The summed E-state index contributed by atoms with van der Waals surface area (Å²) < 4.78 is 10.4. The lowest BCUT2D eigenvalue weighted by atomic mass is 10.1. The molecule has 0 amide bonds. The highest BCUT2D eigenvalue weighted by molar-refractivity contribution is 5.59. The second-order valence-electron chi connectivity index (χ2n) is 3.40. The lowest BCUT2D eigenvalue weighted by Gasteiger charge is -2.07. The largest absolute Gasteiger partial charge is 0.497 e. The third-order valence-electron chi connectivity index (χ3n) is 2.30. The zero-order chi connectivity index (χ0) is 11.8. The van der Waals surface area contributed by atoms with Crippen LogP contribution in [-0.2, 0) is 0 Å². The molecule has 0 radical (unpaired) electrons. The normalized spacial score (nSPS) is 10.7. The second-order valence-corrected chi connectivity index (χ2v) is 3.40. The van der Waals surface area contributed by atoms with Gasteiger partial charge in [-0.15, -0.1) is 0 Å². The Kier molecular flexibility index (Phi) is 5.43. The minimum absolute atomic E-state index is 0.809. The van der Waals surface area contributed by atoms with Gasteiger partial charge in [-0.25, -0.2) is 0 Å². The van der Waals surface area contributed by atoms with Crippen LogP contribution in [0.2, 0.25) is 0 Å². The maximum atomic E-state index is 5.30. The molecule has 0 fully saturated rings. The van der Waals surface area contributed by atoms with Crippen molar-refractivity contribution in [3.05, 3.63) is 29.8 Å². The third kappa shape index (κ3) is 3.59. The van der Waals surface area contributed by atoms with Crippen LogP contribution in [-0.4, -0.2) is 27.8 Å². The quantitative estimate of drug-likeness (QED) is 0.748. The van der Waals surface area contributed by atoms with E-state index in [1.165, 1.54) is 0 Å². The predicted octanol–water partition coefficient (Wildman–Crippen LogP) is 2.33. The predicted molar refractivity (Wildman–Crippen MR) is 67.1 cm³/mol. The van der Waals surface area contributed by atoms with Crippen molar-refractivity contribution in [1.82, 2.24) is 5.32 Å². The molecule has 1 N–H and O–H groups in total. The third-order valence-corrected chi connectivity index (χ3v) is 2.30. The van der Waals surface area contributed by atoms with Gasteiger partial charge >= 0.3 is 0 Å². The summed E-state index contributed by atoms with van der Waals surface area (Å²) in [6, 6.07) is 5.81. The molecule has 88 valence electrons. The van der Waals surface area contributed by atoms with Crippen molar-refractivity contribution in [2.75, 3.05) is 27.8 Å². The van der Waals surface area contributed by atoms with Crippen LogP contribution >= 0.6 is 0 Å². The lowest BCUT2D eigenvalue weighted by molar-refractivity contribution is 0.393. The topological polar surface area (TPSA) is 30.5 Å². The van der Waals surface area contributed by atoms with Gasteiger partial charge in [-0.05, 0) is 32.1 Å². The minimum Gasteiger partial charge on any atom is -0.497 e. The van der Waals surface area contributed by atoms with E-state index in [0.717, 1.165) is 30.0 Å². The summed E-state index contributed by atoms with van der Waals surface area (Å²) in [6.45, 7) is 0.981. The van der Waals surface area contributed by atoms with Crippen molar-refractivity contribution in [3.8, 4) is 11.5 Å². The Morgan fingerprint density at radius 3 is 2.69 bits per heavy atom. The first-order chi connectivity index (χ1) is 7.81. The van der Waals surface area contributed by atoms with E-state index in [-0.39, 0.29) is 0 Å². The van der Waals surface area contributed by atoms with Crippen LogP contribution in [0, 0.1) is 0 Å². The Balaban J connectivity index is 2.75. The molecular formula is C13H19NO2. The molecule has 3 heteroatoms. The van der Waals surface area contributed by atoms with E-state index < -0.39 is 0 Å². The second kappa shape index (κ2) is 6.90. The summed E-state index contributed by atoms with van der Waals surface area (Å²) in [5.74, 6) is 1.64. The van der Waals surface area contributed by atoms with Crippen molar-refractivity contribution in [2.45, 2.75) is 6.42 Å². The molecule has 0 heterocycles. The molecule has 0 aliphatic carbocycles. The van der Waals surface area contributed by atoms with E-state index in [0.29, 0.717) is 0 Å². The maximum Gasteiger partial charge on any atom is 0.129 e. The van der Waals surface area contributed by atoms with Gasteiger partial charge in [-0.3, -0.25) is 0 Å². The summed E-state index contributed by atoms with van der Waals surface area (Å²) >= 11 is 0. The van der Waals surface area contributed by atoms with Crippen molar-refractivity contribution < 1.29 is 9.47 Å². The van der Waals surface area contributed by atoms with Gasteiger partial charge in [0, 0.05) is 11.6 Å². The molecule has 0 atom stereocenters. The number of hydrogen-bond donors (Lipinski definition) is 1. The first kappa shape index (κ1) is 12.6. The summed E-state index contributed by atoms with van der Waals surface area (Å²) in [4.78, 5) is 0. The van der Waals surface area contributed by atoms with E-state index >= 15 is 0 Å². The molecule has 0 unspecified atom stereocenters. The van der Waals surface area contributed by atoms with Crippen molar-refractivity contribution >= 4 is 6.08 Å². The van der Waals surface area contributed by atoms with Crippen LogP contribution in [0.3, 0.4) is 0 Å². The van der Waals surface area contributed by atoms with Crippen molar-refractivity contribution in [2.24, 2.45) is 0 Å². The fourth-order valence-electron chi connectivity index (χ4n) is 1.39. The molecule has 0 spiro atoms. The average molecular weight is 221 g/mol. The summed E-state index contributed by atoms with van der Waals surface area (Å²) in [5.41, 5.74) is 1.07. The van der Waals surface area contributed by atoms with Crippen LogP contribution in [0.4, 0.5) is 0 Å². The smallest absolute Gasteiger partial charge is 0.129 e. The molecule has 3 nitrogen and oxygen atoms in total. The fraction of sp³-hybridized carbons (Fsp3) is 0.385. The number of methoxy groups -OCH3 is 2. The van der Waals surface area contributed by atoms with Gasteiger partial charge in [-0.1, -0.05) is 12.2 Å². The van der Waals surface area contributed by atoms with Gasteiger partial charge in [-0.2, -0.15) is 0 Å². The lowest BCUT2D eigenvalue weighted by Crippen LogP contribution is -2.05. The standard InChI is InChI=1S/C13H19NO2/c1-14-9-5-4-6-11-7-8-12(15-2)10-13(11)16-3/h4,6-8,10,14H,5,9H2,1-3H3. The molecule has 0 saturated heterocycles. The van der Waals surface area contributed by atoms with Crippen LogP contribution < -0.4 is 14.8 Å². The van der Waals surface area contributed by atoms with E-state index in [1.54, 1.807) is 14.2 Å². The molecule has 1 aromatic rings. The van der Waals surface area contributed by atoms with E-state index in [4.69, 9.17) is 9.47 Å². The SMILES string of the molecule is CNCCC=Cc1ccc(OC)cc1OC. The minimum atomic E-state index is 0.809. The van der Waals surface area contributed by atoms with Crippen LogP contribution in [0.25, 0.3) is 6.08 Å². The first-order valence-corrected chi connectivity index (χ1v) is 5.35. The Morgan fingerprint density at radius 1 is 1.25 bits per heavy atom. The molecule has 0 saturated carbocycles. The van der Waals surface area contributed by atoms with Gasteiger partial charge in [0.1, 0.15) is 11.5 Å². The number of nitrogens with one attached hydrogen (secondary N) is 1. The summed E-state index contributed by atoms with van der Waals surface area (Å²) in [5, 5.41) is 3.10. The summed E-state index contributed by atoms with van der Waals surface area (Å²) in [6.07, 6.45) is 5.20. The van der Waals surface area contributed by atoms with E-state index in [2.05, 4.69) is 17.5 Å². The number of rotatable bonds is 6. The monoisotopic (exact) mass is 221 g/mol. The maximum absolute atomic E-state index is 5.30. The average Bonchev–Trinajstić information content (AvgIpc) is 2.34. The molecule has 0 bridgehead atoms. The molecular weight excluding hydrogens is 202 g/mol. The van der Waals surface area contributed by atoms with Gasteiger partial charge in [0.15, 0.2) is 0 Å². The van der Waals surface area contributed by atoms with Gasteiger partial charge in [0.2, 0.25) is 0 Å². The molecule has 16 heavy (non-hydrogen) atoms. The molecule has 1 aromatic carbocycles. The summed E-state index contributed by atoms with van der Waals surface area (Å²) in [7, 11) is 5.26. The highest BCUT2D eigenvalue weighted by Gasteiger charge is 2.01. The Labute approximate surface area is 97.1 Å². The van der Waals surface area contributed by atoms with E-state index in [1.807, 2.05) is 25.2 Å². The highest BCUT2D eigenvalue weighted by Crippen LogP contribution is 2.25. The number of hydrogen-bond acceptors (Lipinski definition) is 3. The van der Waals surface area contributed by atoms with Crippen molar-refractivity contribution in [1.29, 1.82) is 0 Å². The Bertz CT molecular complexity index is 348. The highest BCUT2D eigenvalue weighted by atomic mass is 16.5. The van der Waals surface area contributed by atoms with Crippen LogP contribution in [0.15, 0.2) is 24.3 Å². The Hall–Kier alpha value is -1.48. The fourth-order valence-corrected chi connectivity index (χ4v) is 1.39. The van der Waals surface area contributed by atoms with Gasteiger partial charge < -0.3 is 14.8 Å². The molecule has 0 aliphatic heterocycles. The molecule has 1 rings (SSSR count). The molecule has 0 aromatic heterocycles. The van der Waals surface area contributed by atoms with Crippen LogP contribution in [0.1, 0.15) is 12.0 Å². The van der Waals surface area contributed by atoms with E-state index in [9.17, 15) is 0 Å². The number of ether oxygens (including phenoxy) is 2. The van der Waals surface area contributed by atoms with Crippen molar-refractivity contribution in [3.63, 3.8) is 0 Å². The van der Waals surface area contributed by atoms with Gasteiger partial charge in [0.05, 0.1) is 14.2 Å². The Morgan fingerprint density at radius 2 is 2.06 bits per heavy atom. The zero-order valence-corrected chi connectivity index (χ0v) is 10.1. The molecule has 0 aliphatic rings.